The normalized spacial score (nSPS) is 44.7. The number of hydrogen-bond acceptors (Lipinski definition) is 3. The van der Waals surface area contributed by atoms with Gasteiger partial charge >= 0.3 is 0 Å². The maximum Gasteiger partial charge on any atom is 0.0909 e. The molecule has 1 N–H and O–H groups in total. The summed E-state index contributed by atoms with van der Waals surface area (Å²) in [5.41, 5.74) is -0.433. The first-order valence-corrected chi connectivity index (χ1v) is 5.35. The van der Waals surface area contributed by atoms with Crippen molar-refractivity contribution in [2.75, 3.05) is 0 Å². The molecular formula is C11H17NO2. The molecule has 0 aromatic heterocycles. The fraction of sp³-hybridized carbons (Fsp3) is 0.909. The Balaban J connectivity index is 2.24. The van der Waals surface area contributed by atoms with Crippen LogP contribution in [0.5, 0.6) is 0 Å². The van der Waals surface area contributed by atoms with Crippen molar-refractivity contribution in [1.29, 1.82) is 5.26 Å². The quantitative estimate of drug-likeness (QED) is 0.725. The van der Waals surface area contributed by atoms with Crippen molar-refractivity contribution in [3.8, 4) is 6.07 Å². The number of nitriles is 1. The van der Waals surface area contributed by atoms with E-state index in [4.69, 9.17) is 4.74 Å². The fourth-order valence-corrected chi connectivity index (χ4v) is 2.87. The summed E-state index contributed by atoms with van der Waals surface area (Å²) in [6.45, 7) is 3.72. The minimum absolute atomic E-state index is 0.00259. The van der Waals surface area contributed by atoms with Crippen LogP contribution in [-0.2, 0) is 4.74 Å². The lowest BCUT2D eigenvalue weighted by atomic mass is 9.66. The van der Waals surface area contributed by atoms with Crippen LogP contribution < -0.4 is 0 Å². The van der Waals surface area contributed by atoms with E-state index in [9.17, 15) is 10.4 Å². The van der Waals surface area contributed by atoms with E-state index < -0.39 is 11.5 Å². The highest BCUT2D eigenvalue weighted by molar-refractivity contribution is 5.15. The predicted octanol–water partition coefficient (Wildman–Crippen LogP) is 1.46. The smallest absolute Gasteiger partial charge is 0.0909 e. The van der Waals surface area contributed by atoms with Gasteiger partial charge in [0, 0.05) is 5.92 Å². The second-order valence-electron chi connectivity index (χ2n) is 4.71. The Bertz CT molecular complexity index is 271. The predicted molar refractivity (Wildman–Crippen MR) is 51.4 cm³/mol. The van der Waals surface area contributed by atoms with Gasteiger partial charge in [0.25, 0.3) is 0 Å². The summed E-state index contributed by atoms with van der Waals surface area (Å²) in [7, 11) is 0. The van der Waals surface area contributed by atoms with Crippen LogP contribution in [0, 0.1) is 22.7 Å². The van der Waals surface area contributed by atoms with Gasteiger partial charge in [-0.25, -0.2) is 0 Å². The third-order valence-electron chi connectivity index (χ3n) is 3.99. The lowest BCUT2D eigenvalue weighted by Gasteiger charge is -2.35. The molecule has 0 amide bonds. The van der Waals surface area contributed by atoms with E-state index in [2.05, 4.69) is 6.07 Å². The molecule has 2 heterocycles. The molecule has 3 heteroatoms. The molecule has 0 spiro atoms. The minimum Gasteiger partial charge on any atom is -0.393 e. The first-order chi connectivity index (χ1) is 6.60. The second kappa shape index (κ2) is 3.22. The first kappa shape index (κ1) is 9.95. The lowest BCUT2D eigenvalue weighted by molar-refractivity contribution is 0.0157. The number of rotatable bonds is 2. The summed E-state index contributed by atoms with van der Waals surface area (Å²) in [6.07, 6.45) is 2.76. The number of fused-ring (bicyclic) bond motifs is 2. The Labute approximate surface area is 84.7 Å². The Morgan fingerprint density at radius 1 is 1.50 bits per heavy atom. The van der Waals surface area contributed by atoms with Crippen LogP contribution in [0.4, 0.5) is 0 Å². The Kier molecular flexibility index (Phi) is 2.29. The molecule has 2 rings (SSSR count). The van der Waals surface area contributed by atoms with Crippen molar-refractivity contribution in [3.63, 3.8) is 0 Å². The molecule has 2 saturated heterocycles. The first-order valence-electron chi connectivity index (χ1n) is 5.35. The van der Waals surface area contributed by atoms with Crippen molar-refractivity contribution in [2.45, 2.75) is 51.4 Å². The molecule has 0 aliphatic carbocycles. The van der Waals surface area contributed by atoms with Crippen LogP contribution in [0.15, 0.2) is 0 Å². The molecule has 0 saturated carbocycles. The molecule has 0 aromatic rings. The van der Waals surface area contributed by atoms with Crippen molar-refractivity contribution < 1.29 is 9.84 Å². The highest BCUT2D eigenvalue weighted by Crippen LogP contribution is 2.52. The van der Waals surface area contributed by atoms with Gasteiger partial charge in [-0.1, -0.05) is 6.92 Å². The second-order valence-corrected chi connectivity index (χ2v) is 4.71. The average molecular weight is 195 g/mol. The lowest BCUT2D eigenvalue weighted by Crippen LogP contribution is -2.41. The number of aliphatic hydroxyl groups is 1. The summed E-state index contributed by atoms with van der Waals surface area (Å²) in [6, 6.07) is 2.40. The van der Waals surface area contributed by atoms with Crippen LogP contribution in [0.25, 0.3) is 0 Å². The molecule has 2 aliphatic heterocycles. The third kappa shape index (κ3) is 1.18. The van der Waals surface area contributed by atoms with E-state index in [0.29, 0.717) is 0 Å². The summed E-state index contributed by atoms with van der Waals surface area (Å²) < 4.78 is 5.72. The number of aliphatic hydroxyl groups excluding tert-OH is 1. The van der Waals surface area contributed by atoms with Gasteiger partial charge in [0.2, 0.25) is 0 Å². The molecule has 5 atom stereocenters. The van der Waals surface area contributed by atoms with Crippen molar-refractivity contribution in [3.05, 3.63) is 0 Å². The van der Waals surface area contributed by atoms with E-state index >= 15 is 0 Å². The van der Waals surface area contributed by atoms with Crippen LogP contribution in [0.3, 0.4) is 0 Å². The fourth-order valence-electron chi connectivity index (χ4n) is 2.87. The van der Waals surface area contributed by atoms with Crippen molar-refractivity contribution >= 4 is 0 Å². The summed E-state index contributed by atoms with van der Waals surface area (Å²) in [5, 5.41) is 18.9. The molecule has 2 fully saturated rings. The van der Waals surface area contributed by atoms with Crippen LogP contribution in [0.2, 0.25) is 0 Å². The third-order valence-corrected chi connectivity index (χ3v) is 3.99. The molecular weight excluding hydrogens is 178 g/mol. The zero-order valence-electron chi connectivity index (χ0n) is 8.73. The van der Waals surface area contributed by atoms with Crippen LogP contribution in [-0.4, -0.2) is 23.4 Å². The van der Waals surface area contributed by atoms with Crippen LogP contribution >= 0.6 is 0 Å². The highest BCUT2D eigenvalue weighted by atomic mass is 16.5. The van der Waals surface area contributed by atoms with Gasteiger partial charge < -0.3 is 9.84 Å². The van der Waals surface area contributed by atoms with Crippen molar-refractivity contribution in [2.24, 2.45) is 11.3 Å². The molecule has 0 aromatic carbocycles. The van der Waals surface area contributed by atoms with Gasteiger partial charge in [0.1, 0.15) is 0 Å². The van der Waals surface area contributed by atoms with E-state index in [0.717, 1.165) is 19.3 Å². The van der Waals surface area contributed by atoms with E-state index in [1.807, 2.05) is 6.92 Å². The largest absolute Gasteiger partial charge is 0.393 e. The monoisotopic (exact) mass is 195 g/mol. The zero-order chi connectivity index (χ0) is 10.3. The average Bonchev–Trinajstić information content (AvgIpc) is 2.75. The van der Waals surface area contributed by atoms with Gasteiger partial charge in [-0.3, -0.25) is 0 Å². The molecule has 14 heavy (non-hydrogen) atoms. The molecule has 0 radical (unpaired) electrons. The summed E-state index contributed by atoms with van der Waals surface area (Å²) >= 11 is 0. The van der Waals surface area contributed by atoms with Crippen molar-refractivity contribution in [1.82, 2.24) is 0 Å². The molecule has 2 aliphatic rings. The highest BCUT2D eigenvalue weighted by Gasteiger charge is 2.56. The van der Waals surface area contributed by atoms with Gasteiger partial charge in [-0.15, -0.1) is 0 Å². The molecule has 78 valence electrons. The van der Waals surface area contributed by atoms with Gasteiger partial charge in [-0.2, -0.15) is 5.26 Å². The van der Waals surface area contributed by atoms with Gasteiger partial charge in [-0.05, 0) is 26.2 Å². The van der Waals surface area contributed by atoms with Crippen LogP contribution in [0.1, 0.15) is 33.1 Å². The molecule has 5 unspecified atom stereocenters. The maximum absolute atomic E-state index is 9.60. The Hall–Kier alpha value is -0.590. The van der Waals surface area contributed by atoms with Gasteiger partial charge in [0.05, 0.1) is 29.8 Å². The van der Waals surface area contributed by atoms with E-state index in [-0.39, 0.29) is 18.1 Å². The standard InChI is InChI=1S/C11H17NO2/c1-7(8(2)13)11(6-12)5-9-3-4-10(11)14-9/h7-10,13H,3-5H2,1-2H3. The number of nitrogens with zero attached hydrogens (tertiary/aromatic N) is 1. The minimum atomic E-state index is -0.433. The van der Waals surface area contributed by atoms with E-state index in [1.165, 1.54) is 0 Å². The molecule has 3 nitrogen and oxygen atoms in total. The maximum atomic E-state index is 9.60. The SMILES string of the molecule is CC(O)C(C)C1(C#N)CC2CCC1O2. The number of ether oxygens (including phenoxy) is 1. The van der Waals surface area contributed by atoms with E-state index in [1.54, 1.807) is 6.92 Å². The summed E-state index contributed by atoms with van der Waals surface area (Å²) in [4.78, 5) is 0. The number of hydrogen-bond donors (Lipinski definition) is 1. The van der Waals surface area contributed by atoms with Gasteiger partial charge in [0.15, 0.2) is 0 Å². The summed E-state index contributed by atoms with van der Waals surface area (Å²) in [5.74, 6) is 0.00259. The Morgan fingerprint density at radius 3 is 2.57 bits per heavy atom. The zero-order valence-corrected chi connectivity index (χ0v) is 8.73. The topological polar surface area (TPSA) is 53.2 Å². The molecule has 2 bridgehead atoms. The Morgan fingerprint density at radius 2 is 2.21 bits per heavy atom.